The van der Waals surface area contributed by atoms with E-state index in [1.807, 2.05) is 39.1 Å². The molecule has 104 valence electrons. The van der Waals surface area contributed by atoms with Gasteiger partial charge in [0.1, 0.15) is 0 Å². The zero-order valence-corrected chi connectivity index (χ0v) is 12.0. The Hall–Kier alpha value is -2.20. The highest BCUT2D eigenvalue weighted by molar-refractivity contribution is 6.04. The third-order valence-corrected chi connectivity index (χ3v) is 3.29. The molecule has 4 nitrogen and oxygen atoms in total. The molecule has 1 heterocycles. The molecule has 1 aromatic heterocycles. The van der Waals surface area contributed by atoms with Crippen molar-refractivity contribution in [2.45, 2.75) is 20.4 Å². The van der Waals surface area contributed by atoms with Crippen LogP contribution in [0.3, 0.4) is 0 Å². The number of aromatic nitrogens is 1. The molecule has 2 N–H and O–H groups in total. The predicted molar refractivity (Wildman–Crippen MR) is 80.9 cm³/mol. The normalized spacial score (nSPS) is 10.3. The fraction of sp³-hybridized carbons (Fsp3) is 0.250. The van der Waals surface area contributed by atoms with E-state index in [0.29, 0.717) is 12.1 Å². The van der Waals surface area contributed by atoms with Gasteiger partial charge in [-0.15, -0.1) is 0 Å². The molecule has 0 radical (unpaired) electrons. The van der Waals surface area contributed by atoms with Crippen molar-refractivity contribution in [2.24, 2.45) is 0 Å². The Labute approximate surface area is 119 Å². The van der Waals surface area contributed by atoms with Crippen molar-refractivity contribution in [3.8, 4) is 0 Å². The second-order valence-electron chi connectivity index (χ2n) is 4.77. The molecule has 0 spiro atoms. The Bertz CT molecular complexity index is 623. The molecule has 1 amide bonds. The van der Waals surface area contributed by atoms with Crippen LogP contribution in [0.1, 0.15) is 27.2 Å². The number of pyridine rings is 1. The monoisotopic (exact) mass is 269 g/mol. The molecular weight excluding hydrogens is 250 g/mol. The molecule has 2 rings (SSSR count). The van der Waals surface area contributed by atoms with Gasteiger partial charge in [-0.3, -0.25) is 9.78 Å². The minimum atomic E-state index is -0.113. The maximum absolute atomic E-state index is 12.3. The first-order valence-electron chi connectivity index (χ1n) is 6.59. The van der Waals surface area contributed by atoms with Crippen molar-refractivity contribution in [3.05, 3.63) is 58.9 Å². The summed E-state index contributed by atoms with van der Waals surface area (Å²) in [6, 6.07) is 9.41. The maximum Gasteiger partial charge on any atom is 0.255 e. The van der Waals surface area contributed by atoms with Crippen LogP contribution in [0.15, 0.2) is 36.5 Å². The van der Waals surface area contributed by atoms with E-state index < -0.39 is 0 Å². The van der Waals surface area contributed by atoms with Crippen molar-refractivity contribution in [1.82, 2.24) is 10.3 Å². The maximum atomic E-state index is 12.3. The van der Waals surface area contributed by atoms with Crippen molar-refractivity contribution in [3.63, 3.8) is 0 Å². The van der Waals surface area contributed by atoms with Gasteiger partial charge in [0, 0.05) is 24.0 Å². The van der Waals surface area contributed by atoms with Crippen LogP contribution in [-0.4, -0.2) is 17.9 Å². The zero-order valence-electron chi connectivity index (χ0n) is 12.0. The summed E-state index contributed by atoms with van der Waals surface area (Å²) in [7, 11) is 1.85. The van der Waals surface area contributed by atoms with E-state index in [2.05, 4.69) is 15.6 Å². The lowest BCUT2D eigenvalue weighted by atomic mass is 10.1. The quantitative estimate of drug-likeness (QED) is 0.897. The van der Waals surface area contributed by atoms with E-state index in [4.69, 9.17) is 0 Å². The zero-order chi connectivity index (χ0) is 14.5. The predicted octanol–water partition coefficient (Wildman–Crippen LogP) is 2.67. The second kappa shape index (κ2) is 6.30. The summed E-state index contributed by atoms with van der Waals surface area (Å²) in [5, 5.41) is 5.97. The highest BCUT2D eigenvalue weighted by Crippen LogP contribution is 2.18. The van der Waals surface area contributed by atoms with E-state index >= 15 is 0 Å². The molecule has 0 aliphatic rings. The van der Waals surface area contributed by atoms with Gasteiger partial charge in [-0.2, -0.15) is 0 Å². The number of benzene rings is 1. The Kier molecular flexibility index (Phi) is 4.48. The molecular formula is C16H19N3O. The van der Waals surface area contributed by atoms with Crippen molar-refractivity contribution < 1.29 is 4.79 Å². The van der Waals surface area contributed by atoms with E-state index in [1.165, 1.54) is 0 Å². The van der Waals surface area contributed by atoms with Gasteiger partial charge in [-0.1, -0.05) is 12.1 Å². The number of aryl methyl sites for hydroxylation is 1. The van der Waals surface area contributed by atoms with Gasteiger partial charge in [0.25, 0.3) is 5.91 Å². The Balaban J connectivity index is 2.19. The summed E-state index contributed by atoms with van der Waals surface area (Å²) in [4.78, 5) is 16.5. The SMILES string of the molecule is CNCc1cc(C(=O)Nc2cccc(C)c2C)ccn1. The molecule has 0 aliphatic heterocycles. The second-order valence-corrected chi connectivity index (χ2v) is 4.77. The number of rotatable bonds is 4. The van der Waals surface area contributed by atoms with Crippen LogP contribution in [0, 0.1) is 13.8 Å². The molecule has 0 saturated carbocycles. The molecule has 0 atom stereocenters. The summed E-state index contributed by atoms with van der Waals surface area (Å²) in [5.74, 6) is -0.113. The Morgan fingerprint density at radius 3 is 2.80 bits per heavy atom. The van der Waals surface area contributed by atoms with Crippen LogP contribution in [-0.2, 0) is 6.54 Å². The van der Waals surface area contributed by atoms with Crippen molar-refractivity contribution in [1.29, 1.82) is 0 Å². The lowest BCUT2D eigenvalue weighted by Crippen LogP contribution is -2.14. The van der Waals surface area contributed by atoms with Gasteiger partial charge in [0.2, 0.25) is 0 Å². The van der Waals surface area contributed by atoms with Gasteiger partial charge in [0.05, 0.1) is 5.69 Å². The van der Waals surface area contributed by atoms with Gasteiger partial charge < -0.3 is 10.6 Å². The summed E-state index contributed by atoms with van der Waals surface area (Å²) >= 11 is 0. The summed E-state index contributed by atoms with van der Waals surface area (Å²) < 4.78 is 0. The topological polar surface area (TPSA) is 54.0 Å². The first-order chi connectivity index (χ1) is 9.61. The third-order valence-electron chi connectivity index (χ3n) is 3.29. The molecule has 0 fully saturated rings. The molecule has 0 aliphatic carbocycles. The van der Waals surface area contributed by atoms with E-state index in [0.717, 1.165) is 22.5 Å². The minimum Gasteiger partial charge on any atom is -0.322 e. The number of hydrogen-bond donors (Lipinski definition) is 2. The average Bonchev–Trinajstić information content (AvgIpc) is 2.44. The van der Waals surface area contributed by atoms with Crippen LogP contribution in [0.4, 0.5) is 5.69 Å². The lowest BCUT2D eigenvalue weighted by molar-refractivity contribution is 0.102. The number of anilines is 1. The van der Waals surface area contributed by atoms with Crippen LogP contribution in [0.2, 0.25) is 0 Å². The Morgan fingerprint density at radius 2 is 2.05 bits per heavy atom. The van der Waals surface area contributed by atoms with Gasteiger partial charge in [-0.25, -0.2) is 0 Å². The number of nitrogens with zero attached hydrogens (tertiary/aromatic N) is 1. The third kappa shape index (κ3) is 3.22. The summed E-state index contributed by atoms with van der Waals surface area (Å²) in [5.41, 5.74) is 4.56. The highest BCUT2D eigenvalue weighted by Gasteiger charge is 2.09. The largest absolute Gasteiger partial charge is 0.322 e. The fourth-order valence-corrected chi connectivity index (χ4v) is 1.98. The average molecular weight is 269 g/mol. The van der Waals surface area contributed by atoms with Crippen molar-refractivity contribution in [2.75, 3.05) is 12.4 Å². The van der Waals surface area contributed by atoms with Crippen LogP contribution < -0.4 is 10.6 Å². The van der Waals surface area contributed by atoms with E-state index in [1.54, 1.807) is 18.3 Å². The smallest absolute Gasteiger partial charge is 0.255 e. The molecule has 0 saturated heterocycles. The number of carbonyl (C=O) groups is 1. The number of nitrogens with one attached hydrogen (secondary N) is 2. The summed E-state index contributed by atoms with van der Waals surface area (Å²) in [6.07, 6.45) is 1.66. The number of carbonyl (C=O) groups excluding carboxylic acids is 1. The molecule has 0 unspecified atom stereocenters. The first-order valence-corrected chi connectivity index (χ1v) is 6.59. The van der Waals surface area contributed by atoms with Crippen molar-refractivity contribution >= 4 is 11.6 Å². The standard InChI is InChI=1S/C16H19N3O/c1-11-5-4-6-15(12(11)2)19-16(20)13-7-8-18-14(9-13)10-17-3/h4-9,17H,10H2,1-3H3,(H,19,20). The molecule has 1 aromatic carbocycles. The molecule has 2 aromatic rings. The van der Waals surface area contributed by atoms with Gasteiger partial charge in [-0.05, 0) is 50.2 Å². The van der Waals surface area contributed by atoms with Crippen LogP contribution in [0.25, 0.3) is 0 Å². The molecule has 4 heteroatoms. The molecule has 0 bridgehead atoms. The minimum absolute atomic E-state index is 0.113. The lowest BCUT2D eigenvalue weighted by Gasteiger charge is -2.10. The highest BCUT2D eigenvalue weighted by atomic mass is 16.1. The number of amides is 1. The summed E-state index contributed by atoms with van der Waals surface area (Å²) in [6.45, 7) is 4.68. The number of hydrogen-bond acceptors (Lipinski definition) is 3. The fourth-order valence-electron chi connectivity index (χ4n) is 1.98. The van der Waals surface area contributed by atoms with E-state index in [9.17, 15) is 4.79 Å². The van der Waals surface area contributed by atoms with Crippen LogP contribution in [0.5, 0.6) is 0 Å². The Morgan fingerprint density at radius 1 is 1.25 bits per heavy atom. The van der Waals surface area contributed by atoms with Crippen LogP contribution >= 0.6 is 0 Å². The first kappa shape index (κ1) is 14.2. The van der Waals surface area contributed by atoms with Gasteiger partial charge in [0.15, 0.2) is 0 Å². The molecule has 20 heavy (non-hydrogen) atoms. The van der Waals surface area contributed by atoms with Gasteiger partial charge >= 0.3 is 0 Å². The van der Waals surface area contributed by atoms with E-state index in [-0.39, 0.29) is 5.91 Å².